The van der Waals surface area contributed by atoms with Crippen molar-refractivity contribution in [1.29, 1.82) is 5.26 Å². The van der Waals surface area contributed by atoms with E-state index in [0.29, 0.717) is 6.04 Å². The second-order valence-electron chi connectivity index (χ2n) is 5.82. The number of hydrogen-bond donors (Lipinski definition) is 0. The molecule has 2 rings (SSSR count). The monoisotopic (exact) mass is 220 g/mol. The van der Waals surface area contributed by atoms with E-state index < -0.39 is 0 Å². The van der Waals surface area contributed by atoms with Crippen molar-refractivity contribution in [2.45, 2.75) is 64.0 Å². The molecule has 2 fully saturated rings. The lowest BCUT2D eigenvalue weighted by atomic mass is 9.78. The summed E-state index contributed by atoms with van der Waals surface area (Å²) in [5.74, 6) is 1.08. The van der Waals surface area contributed by atoms with E-state index in [9.17, 15) is 5.26 Å². The first-order chi connectivity index (χ1) is 7.72. The van der Waals surface area contributed by atoms with Gasteiger partial charge in [0, 0.05) is 12.1 Å². The second-order valence-corrected chi connectivity index (χ2v) is 5.82. The van der Waals surface area contributed by atoms with Crippen molar-refractivity contribution in [3.63, 3.8) is 0 Å². The Morgan fingerprint density at radius 1 is 1.12 bits per heavy atom. The molecule has 0 amide bonds. The summed E-state index contributed by atoms with van der Waals surface area (Å²) in [6, 6.07) is 3.82. The largest absolute Gasteiger partial charge is 0.299 e. The maximum Gasteiger partial charge on any atom is 0.0672 e. The van der Waals surface area contributed by atoms with Gasteiger partial charge in [0.1, 0.15) is 0 Å². The van der Waals surface area contributed by atoms with Gasteiger partial charge < -0.3 is 0 Å². The third kappa shape index (κ3) is 2.40. The van der Waals surface area contributed by atoms with Gasteiger partial charge in [0.15, 0.2) is 0 Å². The molecule has 16 heavy (non-hydrogen) atoms. The highest BCUT2D eigenvalue weighted by Crippen LogP contribution is 2.34. The van der Waals surface area contributed by atoms with Crippen LogP contribution in [0.25, 0.3) is 0 Å². The zero-order valence-corrected chi connectivity index (χ0v) is 10.7. The highest BCUT2D eigenvalue weighted by atomic mass is 15.2. The van der Waals surface area contributed by atoms with Gasteiger partial charge >= 0.3 is 0 Å². The second kappa shape index (κ2) is 5.19. The standard InChI is InChI=1S/C14H24N2/c1-11-7-8-12(10-15)14(9-11)16(2)13-5-3-4-6-13/h11-14H,3-9H2,1-2H3. The number of rotatable bonds is 2. The first-order valence-corrected chi connectivity index (χ1v) is 6.84. The van der Waals surface area contributed by atoms with Gasteiger partial charge in [-0.15, -0.1) is 0 Å². The van der Waals surface area contributed by atoms with Gasteiger partial charge in [-0.05, 0) is 45.1 Å². The molecule has 2 nitrogen and oxygen atoms in total. The van der Waals surface area contributed by atoms with Crippen LogP contribution in [-0.2, 0) is 0 Å². The van der Waals surface area contributed by atoms with Gasteiger partial charge in [-0.3, -0.25) is 4.90 Å². The molecular formula is C14H24N2. The summed E-state index contributed by atoms with van der Waals surface area (Å²) in [4.78, 5) is 2.54. The third-order valence-corrected chi connectivity index (χ3v) is 4.67. The van der Waals surface area contributed by atoms with Crippen molar-refractivity contribution in [2.24, 2.45) is 11.8 Å². The van der Waals surface area contributed by atoms with E-state index in [1.807, 2.05) is 0 Å². The van der Waals surface area contributed by atoms with E-state index in [-0.39, 0.29) is 5.92 Å². The van der Waals surface area contributed by atoms with Crippen molar-refractivity contribution in [1.82, 2.24) is 4.90 Å². The fourth-order valence-electron chi connectivity index (χ4n) is 3.53. The maximum absolute atomic E-state index is 9.26. The minimum absolute atomic E-state index is 0.279. The fraction of sp³-hybridized carbons (Fsp3) is 0.929. The molecule has 2 aliphatic carbocycles. The highest BCUT2D eigenvalue weighted by Gasteiger charge is 2.34. The Morgan fingerprint density at radius 2 is 1.81 bits per heavy atom. The molecule has 0 aromatic heterocycles. The van der Waals surface area contributed by atoms with Crippen molar-refractivity contribution in [2.75, 3.05) is 7.05 Å². The van der Waals surface area contributed by atoms with Gasteiger partial charge in [0.05, 0.1) is 12.0 Å². The molecule has 2 saturated carbocycles. The quantitative estimate of drug-likeness (QED) is 0.714. The summed E-state index contributed by atoms with van der Waals surface area (Å²) < 4.78 is 0. The topological polar surface area (TPSA) is 27.0 Å². The Hall–Kier alpha value is -0.550. The number of nitrogens with zero attached hydrogens (tertiary/aromatic N) is 2. The Morgan fingerprint density at radius 3 is 2.44 bits per heavy atom. The summed E-state index contributed by atoms with van der Waals surface area (Å²) >= 11 is 0. The molecule has 3 atom stereocenters. The summed E-state index contributed by atoms with van der Waals surface area (Å²) in [6.45, 7) is 2.34. The van der Waals surface area contributed by atoms with Gasteiger partial charge in [-0.2, -0.15) is 5.26 Å². The van der Waals surface area contributed by atoms with E-state index in [4.69, 9.17) is 0 Å². The minimum Gasteiger partial charge on any atom is -0.299 e. The molecule has 0 aromatic rings. The summed E-state index contributed by atoms with van der Waals surface area (Å²) in [7, 11) is 2.25. The van der Waals surface area contributed by atoms with E-state index in [1.54, 1.807) is 0 Å². The molecule has 0 N–H and O–H groups in total. The van der Waals surface area contributed by atoms with Gasteiger partial charge in [-0.25, -0.2) is 0 Å². The van der Waals surface area contributed by atoms with Crippen LogP contribution in [0.3, 0.4) is 0 Å². The van der Waals surface area contributed by atoms with Gasteiger partial charge in [0.25, 0.3) is 0 Å². The van der Waals surface area contributed by atoms with E-state index in [0.717, 1.165) is 18.4 Å². The molecule has 0 radical (unpaired) electrons. The predicted molar refractivity (Wildman–Crippen MR) is 65.9 cm³/mol. The summed E-state index contributed by atoms with van der Waals surface area (Å²) in [5, 5.41) is 9.26. The molecule has 0 heterocycles. The van der Waals surface area contributed by atoms with Crippen LogP contribution in [0.5, 0.6) is 0 Å². The Bertz CT molecular complexity index is 262. The smallest absolute Gasteiger partial charge is 0.0672 e. The highest BCUT2D eigenvalue weighted by molar-refractivity contribution is 4.98. The van der Waals surface area contributed by atoms with E-state index >= 15 is 0 Å². The predicted octanol–water partition coefficient (Wildman–Crippen LogP) is 3.19. The zero-order chi connectivity index (χ0) is 11.5. The van der Waals surface area contributed by atoms with Gasteiger partial charge in [0.2, 0.25) is 0 Å². The third-order valence-electron chi connectivity index (χ3n) is 4.67. The van der Waals surface area contributed by atoms with Crippen molar-refractivity contribution >= 4 is 0 Å². The van der Waals surface area contributed by atoms with Gasteiger partial charge in [-0.1, -0.05) is 19.8 Å². The average Bonchev–Trinajstić information content (AvgIpc) is 2.81. The van der Waals surface area contributed by atoms with Crippen LogP contribution in [0, 0.1) is 23.2 Å². The first kappa shape index (κ1) is 11.9. The number of nitriles is 1. The van der Waals surface area contributed by atoms with E-state index in [1.165, 1.54) is 38.5 Å². The summed E-state index contributed by atoms with van der Waals surface area (Å²) in [6.07, 6.45) is 9.04. The van der Waals surface area contributed by atoms with Crippen LogP contribution < -0.4 is 0 Å². The average molecular weight is 220 g/mol. The van der Waals surface area contributed by atoms with Crippen molar-refractivity contribution in [3.05, 3.63) is 0 Å². The lowest BCUT2D eigenvalue weighted by Crippen LogP contribution is -2.45. The lowest BCUT2D eigenvalue weighted by Gasteiger charge is -2.40. The molecule has 0 spiro atoms. The van der Waals surface area contributed by atoms with Crippen molar-refractivity contribution < 1.29 is 0 Å². The molecule has 0 bridgehead atoms. The van der Waals surface area contributed by atoms with Crippen molar-refractivity contribution in [3.8, 4) is 6.07 Å². The Kier molecular flexibility index (Phi) is 3.86. The van der Waals surface area contributed by atoms with Crippen LogP contribution in [0.4, 0.5) is 0 Å². The molecule has 0 aliphatic heterocycles. The Balaban J connectivity index is 2.01. The summed E-state index contributed by atoms with van der Waals surface area (Å²) in [5.41, 5.74) is 0. The molecule has 3 unspecified atom stereocenters. The van der Waals surface area contributed by atoms with Crippen LogP contribution in [0.1, 0.15) is 51.9 Å². The maximum atomic E-state index is 9.26. The van der Waals surface area contributed by atoms with Crippen LogP contribution in [-0.4, -0.2) is 24.0 Å². The Labute approximate surface area is 99.6 Å². The van der Waals surface area contributed by atoms with Crippen LogP contribution in [0.15, 0.2) is 0 Å². The minimum atomic E-state index is 0.279. The molecule has 90 valence electrons. The van der Waals surface area contributed by atoms with E-state index in [2.05, 4.69) is 24.9 Å². The molecule has 0 saturated heterocycles. The molecule has 2 heteroatoms. The van der Waals surface area contributed by atoms with Crippen LogP contribution >= 0.6 is 0 Å². The first-order valence-electron chi connectivity index (χ1n) is 6.84. The van der Waals surface area contributed by atoms with Crippen LogP contribution in [0.2, 0.25) is 0 Å². The molecule has 2 aliphatic rings. The fourth-order valence-corrected chi connectivity index (χ4v) is 3.53. The molecular weight excluding hydrogens is 196 g/mol. The number of hydrogen-bond acceptors (Lipinski definition) is 2. The zero-order valence-electron chi connectivity index (χ0n) is 10.7. The molecule has 0 aromatic carbocycles. The lowest BCUT2D eigenvalue weighted by molar-refractivity contribution is 0.0930. The normalized spacial score (nSPS) is 36.5. The SMILES string of the molecule is CC1CCC(C#N)C(N(C)C2CCCC2)C1.